The highest BCUT2D eigenvalue weighted by molar-refractivity contribution is 9.10. The number of benzene rings is 1. The molecule has 1 unspecified atom stereocenters. The first-order valence-electron chi connectivity index (χ1n) is 5.77. The summed E-state index contributed by atoms with van der Waals surface area (Å²) in [5.41, 5.74) is 1.35. The van der Waals surface area contributed by atoms with Gasteiger partial charge in [0.15, 0.2) is 0 Å². The van der Waals surface area contributed by atoms with Crippen LogP contribution in [0.25, 0.3) is 0 Å². The van der Waals surface area contributed by atoms with E-state index >= 15 is 0 Å². The molecular formula is C13H21BrN2. The Labute approximate surface area is 107 Å². The third kappa shape index (κ3) is 3.89. The van der Waals surface area contributed by atoms with Crippen molar-refractivity contribution >= 4 is 15.9 Å². The lowest BCUT2D eigenvalue weighted by molar-refractivity contribution is 0.224. The van der Waals surface area contributed by atoms with Crippen molar-refractivity contribution in [2.75, 3.05) is 20.6 Å². The van der Waals surface area contributed by atoms with E-state index in [0.29, 0.717) is 6.04 Å². The SMILES string of the molecule is CCC(CNC)N(C)Cc1ccccc1Br. The number of rotatable bonds is 6. The summed E-state index contributed by atoms with van der Waals surface area (Å²) in [5, 5.41) is 3.25. The molecule has 1 aromatic rings. The van der Waals surface area contributed by atoms with Gasteiger partial charge in [-0.2, -0.15) is 0 Å². The molecule has 0 radical (unpaired) electrons. The summed E-state index contributed by atoms with van der Waals surface area (Å²) in [7, 11) is 4.19. The number of likely N-dealkylation sites (N-methyl/N-ethyl adjacent to an activating group) is 2. The van der Waals surface area contributed by atoms with Crippen molar-refractivity contribution in [2.45, 2.75) is 25.9 Å². The van der Waals surface area contributed by atoms with Crippen LogP contribution in [0.2, 0.25) is 0 Å². The monoisotopic (exact) mass is 284 g/mol. The minimum atomic E-state index is 0.595. The van der Waals surface area contributed by atoms with E-state index in [2.05, 4.69) is 64.4 Å². The van der Waals surface area contributed by atoms with Gasteiger partial charge in [0.2, 0.25) is 0 Å². The van der Waals surface area contributed by atoms with E-state index in [9.17, 15) is 0 Å². The van der Waals surface area contributed by atoms with Crippen molar-refractivity contribution in [3.05, 3.63) is 34.3 Å². The Hall–Kier alpha value is -0.380. The zero-order valence-corrected chi connectivity index (χ0v) is 11.9. The Morgan fingerprint density at radius 3 is 2.62 bits per heavy atom. The lowest BCUT2D eigenvalue weighted by Crippen LogP contribution is -2.38. The van der Waals surface area contributed by atoms with Gasteiger partial charge in [0.25, 0.3) is 0 Å². The number of nitrogens with zero attached hydrogens (tertiary/aromatic N) is 1. The largest absolute Gasteiger partial charge is 0.318 e. The highest BCUT2D eigenvalue weighted by atomic mass is 79.9. The third-order valence-electron chi connectivity index (χ3n) is 2.91. The van der Waals surface area contributed by atoms with Gasteiger partial charge in [0, 0.05) is 23.6 Å². The molecule has 1 N–H and O–H groups in total. The molecule has 0 bridgehead atoms. The molecule has 0 spiro atoms. The Kier molecular flexibility index (Phi) is 6.03. The van der Waals surface area contributed by atoms with Crippen LogP contribution in [-0.2, 0) is 6.54 Å². The molecule has 0 aliphatic heterocycles. The quantitative estimate of drug-likeness (QED) is 0.864. The molecule has 1 aromatic carbocycles. The van der Waals surface area contributed by atoms with Crippen molar-refractivity contribution in [3.8, 4) is 0 Å². The van der Waals surface area contributed by atoms with Gasteiger partial charge in [-0.05, 0) is 32.1 Å². The molecule has 90 valence electrons. The van der Waals surface area contributed by atoms with Crippen LogP contribution in [0.5, 0.6) is 0 Å². The van der Waals surface area contributed by atoms with Crippen LogP contribution in [0.1, 0.15) is 18.9 Å². The van der Waals surface area contributed by atoms with Gasteiger partial charge in [0.05, 0.1) is 0 Å². The second kappa shape index (κ2) is 7.05. The van der Waals surface area contributed by atoms with E-state index in [1.807, 2.05) is 7.05 Å². The minimum absolute atomic E-state index is 0.595. The van der Waals surface area contributed by atoms with Gasteiger partial charge in [-0.25, -0.2) is 0 Å². The van der Waals surface area contributed by atoms with Gasteiger partial charge in [-0.3, -0.25) is 4.90 Å². The predicted molar refractivity (Wildman–Crippen MR) is 73.6 cm³/mol. The van der Waals surface area contributed by atoms with Gasteiger partial charge in [0.1, 0.15) is 0 Å². The molecule has 0 aliphatic rings. The van der Waals surface area contributed by atoms with Gasteiger partial charge in [-0.1, -0.05) is 41.1 Å². The molecule has 0 heterocycles. The van der Waals surface area contributed by atoms with Crippen molar-refractivity contribution in [1.29, 1.82) is 0 Å². The van der Waals surface area contributed by atoms with E-state index in [0.717, 1.165) is 13.1 Å². The Morgan fingerprint density at radius 2 is 2.06 bits per heavy atom. The summed E-state index contributed by atoms with van der Waals surface area (Å²) in [4.78, 5) is 2.40. The maximum atomic E-state index is 3.59. The molecule has 0 fully saturated rings. The average molecular weight is 285 g/mol. The molecule has 2 nitrogen and oxygen atoms in total. The average Bonchev–Trinajstić information content (AvgIpc) is 2.29. The van der Waals surface area contributed by atoms with Crippen LogP contribution >= 0.6 is 15.9 Å². The van der Waals surface area contributed by atoms with Crippen LogP contribution in [-0.4, -0.2) is 31.6 Å². The fourth-order valence-electron chi connectivity index (χ4n) is 1.87. The van der Waals surface area contributed by atoms with E-state index < -0.39 is 0 Å². The standard InChI is InChI=1S/C13H21BrN2/c1-4-12(9-15-2)16(3)10-11-7-5-6-8-13(11)14/h5-8,12,15H,4,9-10H2,1-3H3. The molecule has 3 heteroatoms. The summed E-state index contributed by atoms with van der Waals surface area (Å²) in [6.45, 7) is 4.26. The maximum Gasteiger partial charge on any atom is 0.0245 e. The summed E-state index contributed by atoms with van der Waals surface area (Å²) >= 11 is 3.59. The highest BCUT2D eigenvalue weighted by Gasteiger charge is 2.12. The van der Waals surface area contributed by atoms with E-state index in [1.54, 1.807) is 0 Å². The van der Waals surface area contributed by atoms with Crippen LogP contribution < -0.4 is 5.32 Å². The highest BCUT2D eigenvalue weighted by Crippen LogP contribution is 2.18. The first kappa shape index (κ1) is 13.7. The number of hydrogen-bond donors (Lipinski definition) is 1. The molecule has 0 saturated carbocycles. The fourth-order valence-corrected chi connectivity index (χ4v) is 2.28. The summed E-state index contributed by atoms with van der Waals surface area (Å²) in [6, 6.07) is 9.01. The normalized spacial score (nSPS) is 13.1. The summed E-state index contributed by atoms with van der Waals surface area (Å²) < 4.78 is 1.20. The molecule has 0 saturated heterocycles. The Morgan fingerprint density at radius 1 is 1.38 bits per heavy atom. The van der Waals surface area contributed by atoms with Gasteiger partial charge in [-0.15, -0.1) is 0 Å². The number of nitrogens with one attached hydrogen (secondary N) is 1. The van der Waals surface area contributed by atoms with Crippen molar-refractivity contribution < 1.29 is 0 Å². The Bertz CT molecular complexity index is 315. The van der Waals surface area contributed by atoms with E-state index in [-0.39, 0.29) is 0 Å². The smallest absolute Gasteiger partial charge is 0.0245 e. The molecule has 0 amide bonds. The molecule has 0 aliphatic carbocycles. The Balaban J connectivity index is 2.62. The molecule has 0 aromatic heterocycles. The molecule has 1 rings (SSSR count). The van der Waals surface area contributed by atoms with Crippen LogP contribution in [0, 0.1) is 0 Å². The summed E-state index contributed by atoms with van der Waals surface area (Å²) in [6.07, 6.45) is 1.17. The topological polar surface area (TPSA) is 15.3 Å². The maximum absolute atomic E-state index is 3.59. The first-order valence-corrected chi connectivity index (χ1v) is 6.56. The molecule has 1 atom stereocenters. The van der Waals surface area contributed by atoms with E-state index in [4.69, 9.17) is 0 Å². The van der Waals surface area contributed by atoms with Crippen molar-refractivity contribution in [3.63, 3.8) is 0 Å². The minimum Gasteiger partial charge on any atom is -0.318 e. The fraction of sp³-hybridized carbons (Fsp3) is 0.538. The second-order valence-corrected chi connectivity index (χ2v) is 4.98. The predicted octanol–water partition coefficient (Wildman–Crippen LogP) is 2.88. The van der Waals surface area contributed by atoms with Gasteiger partial charge >= 0.3 is 0 Å². The van der Waals surface area contributed by atoms with Gasteiger partial charge < -0.3 is 5.32 Å². The lowest BCUT2D eigenvalue weighted by atomic mass is 10.1. The van der Waals surface area contributed by atoms with Crippen LogP contribution in [0.15, 0.2) is 28.7 Å². The molecule has 16 heavy (non-hydrogen) atoms. The van der Waals surface area contributed by atoms with Crippen molar-refractivity contribution in [1.82, 2.24) is 10.2 Å². The molecular weight excluding hydrogens is 264 g/mol. The van der Waals surface area contributed by atoms with Crippen molar-refractivity contribution in [2.24, 2.45) is 0 Å². The van der Waals surface area contributed by atoms with E-state index in [1.165, 1.54) is 16.5 Å². The third-order valence-corrected chi connectivity index (χ3v) is 3.69. The zero-order valence-electron chi connectivity index (χ0n) is 10.3. The lowest BCUT2D eigenvalue weighted by Gasteiger charge is -2.27. The number of hydrogen-bond acceptors (Lipinski definition) is 2. The zero-order chi connectivity index (χ0) is 12.0. The van der Waals surface area contributed by atoms with Crippen LogP contribution in [0.3, 0.4) is 0 Å². The second-order valence-electron chi connectivity index (χ2n) is 4.13. The number of halogens is 1. The first-order chi connectivity index (χ1) is 7.69. The van der Waals surface area contributed by atoms with Crippen LogP contribution in [0.4, 0.5) is 0 Å². The summed E-state index contributed by atoms with van der Waals surface area (Å²) in [5.74, 6) is 0.